The molecule has 3 aliphatic rings. The van der Waals surface area contributed by atoms with Crippen molar-refractivity contribution >= 4 is 17.7 Å². The van der Waals surface area contributed by atoms with Crippen molar-refractivity contribution in [1.29, 1.82) is 0 Å². The van der Waals surface area contributed by atoms with Gasteiger partial charge in [-0.15, -0.1) is 0 Å². The number of fused-ring (bicyclic) bond motifs is 1. The van der Waals surface area contributed by atoms with Gasteiger partial charge in [0.25, 0.3) is 0 Å². The Hall–Kier alpha value is -3.65. The summed E-state index contributed by atoms with van der Waals surface area (Å²) in [5, 5.41) is 6.41. The van der Waals surface area contributed by atoms with Gasteiger partial charge in [0, 0.05) is 50.2 Å². The van der Waals surface area contributed by atoms with E-state index < -0.39 is 11.5 Å². The Bertz CT molecular complexity index is 1240. The highest BCUT2D eigenvalue weighted by Crippen LogP contribution is 2.36. The van der Waals surface area contributed by atoms with Crippen LogP contribution in [-0.4, -0.2) is 68.1 Å². The van der Waals surface area contributed by atoms with Crippen molar-refractivity contribution in [2.45, 2.75) is 57.0 Å². The molecule has 8 nitrogen and oxygen atoms in total. The summed E-state index contributed by atoms with van der Waals surface area (Å²) in [6.07, 6.45) is 8.19. The van der Waals surface area contributed by atoms with Crippen LogP contribution in [0.5, 0.6) is 5.75 Å². The molecule has 2 aromatic rings. The van der Waals surface area contributed by atoms with Gasteiger partial charge >= 0.3 is 0 Å². The number of hydrogen-bond donors (Lipinski definition) is 2. The summed E-state index contributed by atoms with van der Waals surface area (Å²) < 4.78 is 11.0. The fourth-order valence-electron chi connectivity index (χ4n) is 6.33. The molecule has 5 rings (SSSR count). The lowest BCUT2D eigenvalue weighted by molar-refractivity contribution is -0.140. The molecule has 41 heavy (non-hydrogen) atoms. The predicted octanol–water partition coefficient (Wildman–Crippen LogP) is 3.45. The lowest BCUT2D eigenvalue weighted by atomic mass is 9.75. The number of allylic oxidation sites excluding steroid dienone is 2. The van der Waals surface area contributed by atoms with E-state index >= 15 is 0 Å². The van der Waals surface area contributed by atoms with Crippen LogP contribution in [0.4, 0.5) is 0 Å². The van der Waals surface area contributed by atoms with Gasteiger partial charge in [0.15, 0.2) is 0 Å². The Balaban J connectivity index is 1.36. The highest BCUT2D eigenvalue weighted by Gasteiger charge is 2.41. The first-order valence-corrected chi connectivity index (χ1v) is 14.7. The molecule has 2 aromatic carbocycles. The molecule has 8 heteroatoms. The van der Waals surface area contributed by atoms with E-state index in [1.54, 1.807) is 7.11 Å². The molecule has 3 aliphatic heterocycles. The van der Waals surface area contributed by atoms with Crippen LogP contribution >= 0.6 is 0 Å². The number of hydrogen-bond acceptors (Lipinski definition) is 5. The van der Waals surface area contributed by atoms with Crippen molar-refractivity contribution in [2.24, 2.45) is 11.3 Å². The average Bonchev–Trinajstić information content (AvgIpc) is 3.00. The van der Waals surface area contributed by atoms with Gasteiger partial charge in [0.05, 0.1) is 18.9 Å². The molecule has 0 aliphatic carbocycles. The molecular formula is C33H41N3O5. The van der Waals surface area contributed by atoms with Gasteiger partial charge in [-0.05, 0) is 43.7 Å². The van der Waals surface area contributed by atoms with E-state index in [1.165, 1.54) is 0 Å². The van der Waals surface area contributed by atoms with Crippen LogP contribution in [0.15, 0.2) is 66.7 Å². The predicted molar refractivity (Wildman–Crippen MR) is 156 cm³/mol. The molecule has 2 fully saturated rings. The van der Waals surface area contributed by atoms with Gasteiger partial charge < -0.3 is 25.0 Å². The van der Waals surface area contributed by atoms with Gasteiger partial charge in [0.2, 0.25) is 17.7 Å². The smallest absolute Gasteiger partial charge is 0.243 e. The molecule has 0 unspecified atom stereocenters. The number of benzene rings is 2. The fourth-order valence-corrected chi connectivity index (χ4v) is 6.33. The molecular weight excluding hydrogens is 518 g/mol. The maximum Gasteiger partial charge on any atom is 0.243 e. The molecule has 0 aromatic heterocycles. The van der Waals surface area contributed by atoms with Crippen LogP contribution < -0.4 is 15.4 Å². The number of rotatable bonds is 5. The van der Waals surface area contributed by atoms with Crippen molar-refractivity contribution in [3.63, 3.8) is 0 Å². The first-order chi connectivity index (χ1) is 20.0. The molecule has 2 saturated heterocycles. The van der Waals surface area contributed by atoms with Crippen LogP contribution in [0, 0.1) is 11.3 Å². The van der Waals surface area contributed by atoms with Crippen LogP contribution in [0.2, 0.25) is 0 Å². The van der Waals surface area contributed by atoms with E-state index in [0.717, 1.165) is 17.5 Å². The maximum absolute atomic E-state index is 13.8. The average molecular weight is 560 g/mol. The Morgan fingerprint density at radius 1 is 1.02 bits per heavy atom. The van der Waals surface area contributed by atoms with Gasteiger partial charge in [-0.3, -0.25) is 14.4 Å². The zero-order chi connectivity index (χ0) is 28.7. The molecule has 2 N–H and O–H groups in total. The number of carbonyl (C=O) groups is 3. The summed E-state index contributed by atoms with van der Waals surface area (Å²) >= 11 is 0. The van der Waals surface area contributed by atoms with Crippen molar-refractivity contribution in [3.8, 4) is 5.75 Å². The molecule has 0 radical (unpaired) electrons. The monoisotopic (exact) mass is 559 g/mol. The van der Waals surface area contributed by atoms with Crippen molar-refractivity contribution in [2.75, 3.05) is 33.4 Å². The number of para-hydroxylation sites is 1. The summed E-state index contributed by atoms with van der Waals surface area (Å²) in [6, 6.07) is 16.7. The minimum Gasteiger partial charge on any atom is -0.496 e. The van der Waals surface area contributed by atoms with E-state index in [4.69, 9.17) is 9.47 Å². The number of piperidine rings is 1. The summed E-state index contributed by atoms with van der Waals surface area (Å²) in [5.74, 6) is 0.604. The van der Waals surface area contributed by atoms with Gasteiger partial charge in [-0.2, -0.15) is 0 Å². The van der Waals surface area contributed by atoms with E-state index in [1.807, 2.05) is 59.5 Å². The van der Waals surface area contributed by atoms with E-state index in [9.17, 15) is 14.4 Å². The van der Waals surface area contributed by atoms with Crippen molar-refractivity contribution in [3.05, 3.63) is 77.9 Å². The second-order valence-electron chi connectivity index (χ2n) is 11.5. The van der Waals surface area contributed by atoms with Crippen LogP contribution in [-0.2, 0) is 32.0 Å². The molecule has 1 spiro atoms. The highest BCUT2D eigenvalue weighted by atomic mass is 16.5. The summed E-state index contributed by atoms with van der Waals surface area (Å²) in [5.41, 5.74) is 1.27. The zero-order valence-electron chi connectivity index (χ0n) is 23.8. The standard InChI is InChI=1S/C33H41N3O5/c1-40-29-13-6-5-11-25(29)22-30(37)36-18-14-27-26(23-36)12-7-8-15-33(16-19-41-20-17-33)32(39)35-28(31(38)34-27)21-24-9-3-2-4-10-24/h2-11,13,26-28H,12,14-23H2,1H3,(H,34,38)(H,35,39)/t26-,27+,28-/m1/s1. The van der Waals surface area contributed by atoms with Crippen LogP contribution in [0.25, 0.3) is 0 Å². The third-order valence-corrected chi connectivity index (χ3v) is 8.90. The van der Waals surface area contributed by atoms with E-state index in [0.29, 0.717) is 64.2 Å². The molecule has 3 atom stereocenters. The van der Waals surface area contributed by atoms with Gasteiger partial charge in [0.1, 0.15) is 11.8 Å². The third-order valence-electron chi connectivity index (χ3n) is 8.90. The minimum atomic E-state index is -0.682. The van der Waals surface area contributed by atoms with Crippen molar-refractivity contribution in [1.82, 2.24) is 15.5 Å². The number of nitrogens with one attached hydrogen (secondary N) is 2. The van der Waals surface area contributed by atoms with E-state index in [2.05, 4.69) is 22.8 Å². The zero-order valence-corrected chi connectivity index (χ0v) is 23.8. The Morgan fingerprint density at radius 2 is 1.78 bits per heavy atom. The third kappa shape index (κ3) is 6.99. The van der Waals surface area contributed by atoms with Crippen LogP contribution in [0.3, 0.4) is 0 Å². The summed E-state index contributed by atoms with van der Waals surface area (Å²) in [6.45, 7) is 2.20. The SMILES string of the molecule is COc1ccccc1CC(=O)N1CC[C@@H]2NC(=O)[C@@H](Cc3ccccc3)NC(=O)C3(CC=CC[C@@H]2C1)CCOCC3. The lowest BCUT2D eigenvalue weighted by Crippen LogP contribution is -2.58. The topological polar surface area (TPSA) is 97.0 Å². The first kappa shape index (κ1) is 28.9. The number of amides is 3. The second kappa shape index (κ2) is 13.3. The van der Waals surface area contributed by atoms with E-state index in [-0.39, 0.29) is 36.1 Å². The first-order valence-electron chi connectivity index (χ1n) is 14.7. The molecule has 3 heterocycles. The minimum absolute atomic E-state index is 0.0600. The second-order valence-corrected chi connectivity index (χ2v) is 11.5. The number of ether oxygens (including phenoxy) is 2. The van der Waals surface area contributed by atoms with Crippen LogP contribution in [0.1, 0.15) is 43.2 Å². The molecule has 0 saturated carbocycles. The van der Waals surface area contributed by atoms with Crippen molar-refractivity contribution < 1.29 is 23.9 Å². The summed E-state index contributed by atoms with van der Waals surface area (Å²) in [4.78, 5) is 42.8. The summed E-state index contributed by atoms with van der Waals surface area (Å²) in [7, 11) is 1.62. The molecule has 3 amide bonds. The quantitative estimate of drug-likeness (QED) is 0.547. The Morgan fingerprint density at radius 3 is 2.56 bits per heavy atom. The highest BCUT2D eigenvalue weighted by molar-refractivity contribution is 5.90. The molecule has 218 valence electrons. The van der Waals surface area contributed by atoms with Gasteiger partial charge in [-0.25, -0.2) is 0 Å². The largest absolute Gasteiger partial charge is 0.496 e. The number of carbonyl (C=O) groups excluding carboxylic acids is 3. The fraction of sp³-hybridized carbons (Fsp3) is 0.485. The number of nitrogens with zero attached hydrogens (tertiary/aromatic N) is 1. The number of likely N-dealkylation sites (tertiary alicyclic amines) is 1. The molecule has 0 bridgehead atoms. The lowest BCUT2D eigenvalue weighted by Gasteiger charge is -2.40. The Kier molecular flexibility index (Phi) is 9.39. The number of methoxy groups -OCH3 is 1. The normalized spacial score (nSPS) is 24.8. The maximum atomic E-state index is 13.8. The van der Waals surface area contributed by atoms with Gasteiger partial charge in [-0.1, -0.05) is 60.7 Å². The Labute approximate surface area is 242 Å².